The Morgan fingerprint density at radius 3 is 2.67 bits per heavy atom. The second kappa shape index (κ2) is 8.72. The lowest BCUT2D eigenvalue weighted by Gasteiger charge is -2.42. The standard InChI is InChI=1S/C23H23N3O3S/c1-3-29-17-10-8-16(9-11-17)18-12-22(27)26-14-25(15-30-23(26)19(18)13-24)20-6-4-5-7-21(20)28-2/h4-11,18H,3,12,14-15H2,1-2H3. The predicted molar refractivity (Wildman–Crippen MR) is 117 cm³/mol. The normalized spacial score (nSPS) is 18.7. The van der Waals surface area contributed by atoms with Crippen LogP contribution in [0.15, 0.2) is 59.1 Å². The highest BCUT2D eigenvalue weighted by Gasteiger charge is 2.38. The van der Waals surface area contributed by atoms with Crippen molar-refractivity contribution in [3.05, 3.63) is 64.7 Å². The molecule has 1 atom stereocenters. The number of amides is 1. The predicted octanol–water partition coefficient (Wildman–Crippen LogP) is 4.31. The zero-order chi connectivity index (χ0) is 21.1. The molecule has 30 heavy (non-hydrogen) atoms. The van der Waals surface area contributed by atoms with Gasteiger partial charge in [-0.05, 0) is 36.8 Å². The van der Waals surface area contributed by atoms with Crippen molar-refractivity contribution in [1.29, 1.82) is 5.26 Å². The molecule has 4 rings (SSSR count). The van der Waals surface area contributed by atoms with E-state index in [-0.39, 0.29) is 18.2 Å². The number of para-hydroxylation sites is 2. The average Bonchev–Trinajstić information content (AvgIpc) is 2.79. The molecular formula is C23H23N3O3S. The molecule has 0 N–H and O–H groups in total. The number of methoxy groups -OCH3 is 1. The second-order valence-electron chi connectivity index (χ2n) is 7.04. The molecule has 0 aromatic heterocycles. The Kier molecular flexibility index (Phi) is 5.86. The molecule has 154 valence electrons. The molecule has 1 unspecified atom stereocenters. The van der Waals surface area contributed by atoms with Gasteiger partial charge in [0.25, 0.3) is 0 Å². The molecular weight excluding hydrogens is 398 g/mol. The summed E-state index contributed by atoms with van der Waals surface area (Å²) in [5.74, 6) is 1.99. The number of hydrogen-bond donors (Lipinski definition) is 0. The summed E-state index contributed by atoms with van der Waals surface area (Å²) in [6, 6.07) is 17.8. The highest BCUT2D eigenvalue weighted by molar-refractivity contribution is 8.03. The van der Waals surface area contributed by atoms with E-state index in [0.29, 0.717) is 24.7 Å². The summed E-state index contributed by atoms with van der Waals surface area (Å²) in [6.07, 6.45) is 0.278. The molecule has 0 bridgehead atoms. The Balaban J connectivity index is 1.63. The first-order chi connectivity index (χ1) is 14.7. The van der Waals surface area contributed by atoms with Crippen LogP contribution in [0.1, 0.15) is 24.8 Å². The molecule has 0 radical (unpaired) electrons. The van der Waals surface area contributed by atoms with Gasteiger partial charge in [-0.25, -0.2) is 0 Å². The molecule has 1 amide bonds. The zero-order valence-corrected chi connectivity index (χ0v) is 17.8. The third-order valence-electron chi connectivity index (χ3n) is 5.31. The monoisotopic (exact) mass is 421 g/mol. The summed E-state index contributed by atoms with van der Waals surface area (Å²) in [6.45, 7) is 2.95. The van der Waals surface area contributed by atoms with Gasteiger partial charge in [-0.3, -0.25) is 9.69 Å². The molecule has 2 aliphatic heterocycles. The van der Waals surface area contributed by atoms with Gasteiger partial charge in [0.15, 0.2) is 0 Å². The van der Waals surface area contributed by atoms with E-state index in [1.165, 1.54) is 11.8 Å². The van der Waals surface area contributed by atoms with Crippen LogP contribution in [0.2, 0.25) is 0 Å². The number of hydrogen-bond acceptors (Lipinski definition) is 6. The van der Waals surface area contributed by atoms with Crippen LogP contribution >= 0.6 is 11.8 Å². The average molecular weight is 422 g/mol. The van der Waals surface area contributed by atoms with E-state index in [4.69, 9.17) is 9.47 Å². The third kappa shape index (κ3) is 3.71. The van der Waals surface area contributed by atoms with Crippen LogP contribution in [-0.2, 0) is 4.79 Å². The summed E-state index contributed by atoms with van der Waals surface area (Å²) >= 11 is 1.52. The maximum absolute atomic E-state index is 13.1. The Bertz CT molecular complexity index is 1010. The van der Waals surface area contributed by atoms with Crippen molar-refractivity contribution < 1.29 is 14.3 Å². The lowest BCUT2D eigenvalue weighted by Crippen LogP contribution is -2.47. The van der Waals surface area contributed by atoms with Gasteiger partial charge in [0.05, 0.1) is 48.6 Å². The van der Waals surface area contributed by atoms with Crippen LogP contribution < -0.4 is 14.4 Å². The molecule has 2 aliphatic rings. The number of thioether (sulfide) groups is 1. The number of rotatable bonds is 5. The van der Waals surface area contributed by atoms with Gasteiger partial charge in [0, 0.05) is 12.3 Å². The number of carbonyl (C=O) groups excluding carboxylic acids is 1. The van der Waals surface area contributed by atoms with Gasteiger partial charge in [-0.15, -0.1) is 0 Å². The van der Waals surface area contributed by atoms with Crippen molar-refractivity contribution in [2.75, 3.05) is 31.2 Å². The van der Waals surface area contributed by atoms with E-state index in [1.54, 1.807) is 12.0 Å². The molecule has 2 heterocycles. The van der Waals surface area contributed by atoms with Gasteiger partial charge < -0.3 is 14.4 Å². The molecule has 6 nitrogen and oxygen atoms in total. The van der Waals surface area contributed by atoms with Crippen molar-refractivity contribution in [3.8, 4) is 17.6 Å². The van der Waals surface area contributed by atoms with E-state index >= 15 is 0 Å². The Hall–Kier alpha value is -3.11. The molecule has 2 aromatic rings. The van der Waals surface area contributed by atoms with E-state index < -0.39 is 0 Å². The van der Waals surface area contributed by atoms with Crippen molar-refractivity contribution in [3.63, 3.8) is 0 Å². The number of ether oxygens (including phenoxy) is 2. The number of anilines is 1. The van der Waals surface area contributed by atoms with Crippen LogP contribution in [0.25, 0.3) is 0 Å². The molecule has 0 aliphatic carbocycles. The molecule has 2 aromatic carbocycles. The van der Waals surface area contributed by atoms with Crippen LogP contribution in [0.4, 0.5) is 5.69 Å². The van der Waals surface area contributed by atoms with Crippen molar-refractivity contribution in [2.45, 2.75) is 19.3 Å². The van der Waals surface area contributed by atoms with Gasteiger partial charge in [0.2, 0.25) is 5.91 Å². The fraction of sp³-hybridized carbons (Fsp3) is 0.304. The first kappa shape index (κ1) is 20.2. The molecule has 0 saturated carbocycles. The number of nitriles is 1. The second-order valence-corrected chi connectivity index (χ2v) is 7.97. The van der Waals surface area contributed by atoms with E-state index in [1.807, 2.05) is 55.5 Å². The quantitative estimate of drug-likeness (QED) is 0.717. The minimum Gasteiger partial charge on any atom is -0.495 e. The van der Waals surface area contributed by atoms with Crippen molar-refractivity contribution >= 4 is 23.4 Å². The van der Waals surface area contributed by atoms with Gasteiger partial charge in [-0.2, -0.15) is 5.26 Å². The van der Waals surface area contributed by atoms with Gasteiger partial charge in [0.1, 0.15) is 11.5 Å². The fourth-order valence-electron chi connectivity index (χ4n) is 3.85. The smallest absolute Gasteiger partial charge is 0.229 e. The first-order valence-corrected chi connectivity index (χ1v) is 10.8. The Morgan fingerprint density at radius 1 is 1.20 bits per heavy atom. The lowest BCUT2D eigenvalue weighted by atomic mass is 9.86. The zero-order valence-electron chi connectivity index (χ0n) is 17.0. The van der Waals surface area contributed by atoms with Crippen molar-refractivity contribution in [1.82, 2.24) is 4.90 Å². The maximum atomic E-state index is 13.1. The molecule has 1 saturated heterocycles. The minimum absolute atomic E-state index is 0.0231. The summed E-state index contributed by atoms with van der Waals surface area (Å²) in [5, 5.41) is 10.7. The van der Waals surface area contributed by atoms with Crippen LogP contribution in [-0.4, -0.2) is 37.1 Å². The first-order valence-electron chi connectivity index (χ1n) is 9.84. The van der Waals surface area contributed by atoms with Crippen LogP contribution in [0.5, 0.6) is 11.5 Å². The maximum Gasteiger partial charge on any atom is 0.229 e. The highest BCUT2D eigenvalue weighted by atomic mass is 32.2. The van der Waals surface area contributed by atoms with Gasteiger partial charge in [-0.1, -0.05) is 36.0 Å². The molecule has 1 fully saturated rings. The Morgan fingerprint density at radius 2 is 1.97 bits per heavy atom. The number of nitrogens with zero attached hydrogens (tertiary/aromatic N) is 3. The Labute approximate surface area is 180 Å². The summed E-state index contributed by atoms with van der Waals surface area (Å²) in [7, 11) is 1.64. The highest BCUT2D eigenvalue weighted by Crippen LogP contribution is 2.44. The SMILES string of the molecule is CCOc1ccc(C2CC(=O)N3CN(c4ccccc4OC)CSC3=C2C#N)cc1. The number of carbonyl (C=O) groups is 1. The largest absolute Gasteiger partial charge is 0.495 e. The summed E-state index contributed by atoms with van der Waals surface area (Å²) in [4.78, 5) is 16.9. The summed E-state index contributed by atoms with van der Waals surface area (Å²) in [5.41, 5.74) is 2.55. The van der Waals surface area contributed by atoms with Crippen molar-refractivity contribution in [2.24, 2.45) is 0 Å². The van der Waals surface area contributed by atoms with Crippen LogP contribution in [0, 0.1) is 11.3 Å². The lowest BCUT2D eigenvalue weighted by molar-refractivity contribution is -0.129. The fourth-order valence-corrected chi connectivity index (χ4v) is 5.01. The number of allylic oxidation sites excluding steroid dienone is 1. The van der Waals surface area contributed by atoms with Gasteiger partial charge >= 0.3 is 0 Å². The number of benzene rings is 2. The van der Waals surface area contributed by atoms with E-state index in [0.717, 1.165) is 27.8 Å². The van der Waals surface area contributed by atoms with E-state index in [9.17, 15) is 10.1 Å². The third-order valence-corrected chi connectivity index (χ3v) is 6.47. The summed E-state index contributed by atoms with van der Waals surface area (Å²) < 4.78 is 11.0. The van der Waals surface area contributed by atoms with E-state index in [2.05, 4.69) is 11.0 Å². The minimum atomic E-state index is -0.227. The molecule has 0 spiro atoms. The topological polar surface area (TPSA) is 65.8 Å². The van der Waals surface area contributed by atoms with Crippen LogP contribution in [0.3, 0.4) is 0 Å². The molecule has 7 heteroatoms. The number of fused-ring (bicyclic) bond motifs is 1.